The number of benzene rings is 3. The molecule has 1 saturated heterocycles. The van der Waals surface area contributed by atoms with Crippen molar-refractivity contribution >= 4 is 56.3 Å². The zero-order valence-electron chi connectivity index (χ0n) is 23.2. The predicted molar refractivity (Wildman–Crippen MR) is 171 cm³/mol. The number of ether oxygens (including phenoxy) is 1. The first kappa shape index (κ1) is 28.0. The number of aromatic nitrogens is 3. The van der Waals surface area contributed by atoms with Gasteiger partial charge in [0, 0.05) is 29.3 Å². The lowest BCUT2D eigenvalue weighted by atomic mass is 9.98. The summed E-state index contributed by atoms with van der Waals surface area (Å²) in [6, 6.07) is 19.1. The number of methoxy groups -OCH3 is 1. The minimum atomic E-state index is -0.691. The maximum absolute atomic E-state index is 13.4. The number of hydrogen-bond donors (Lipinski definition) is 3. The quantitative estimate of drug-likeness (QED) is 0.187. The molecule has 0 radical (unpaired) electrons. The highest BCUT2D eigenvalue weighted by Gasteiger charge is 2.35. The van der Waals surface area contributed by atoms with E-state index in [1.165, 1.54) is 7.11 Å². The normalized spacial score (nSPS) is 15.7. The molecule has 42 heavy (non-hydrogen) atoms. The van der Waals surface area contributed by atoms with Crippen molar-refractivity contribution in [3.63, 3.8) is 0 Å². The Labute approximate surface area is 255 Å². The Morgan fingerprint density at radius 1 is 1.05 bits per heavy atom. The van der Waals surface area contributed by atoms with Crippen LogP contribution < -0.4 is 10.7 Å². The predicted octanol–water partition coefficient (Wildman–Crippen LogP) is 6.14. The molecule has 9 nitrogen and oxygen atoms in total. The summed E-state index contributed by atoms with van der Waals surface area (Å²) in [5.41, 5.74) is 5.40. The first-order chi connectivity index (χ1) is 20.3. The lowest BCUT2D eigenvalue weighted by molar-refractivity contribution is -0.134. The number of imidazole rings is 1. The van der Waals surface area contributed by atoms with E-state index in [0.717, 1.165) is 55.3 Å². The van der Waals surface area contributed by atoms with Crippen LogP contribution in [0.25, 0.3) is 44.1 Å². The van der Waals surface area contributed by atoms with Gasteiger partial charge in [0.05, 0.1) is 30.6 Å². The summed E-state index contributed by atoms with van der Waals surface area (Å²) in [6.45, 7) is 2.40. The molecule has 3 aromatic carbocycles. The number of alkyl carbamates (subject to hydrolysis) is 1. The number of H-pyrrole nitrogens is 2. The van der Waals surface area contributed by atoms with E-state index in [4.69, 9.17) is 4.74 Å². The number of halogens is 1. The van der Waals surface area contributed by atoms with E-state index < -0.39 is 12.1 Å². The van der Waals surface area contributed by atoms with Crippen LogP contribution in [0.5, 0.6) is 0 Å². The van der Waals surface area contributed by atoms with E-state index in [1.54, 1.807) is 11.0 Å². The molecule has 5 aromatic rings. The molecule has 3 heterocycles. The number of rotatable bonds is 6. The number of nitrogens with one attached hydrogen (secondary N) is 3. The number of carbonyl (C=O) groups is 2. The van der Waals surface area contributed by atoms with Crippen LogP contribution in [0.15, 0.2) is 71.7 Å². The van der Waals surface area contributed by atoms with Crippen LogP contribution in [0, 0.1) is 3.83 Å². The molecular weight excluding hydrogens is 645 g/mol. The second-order valence-electron chi connectivity index (χ2n) is 10.5. The Hall–Kier alpha value is -4.19. The topological polar surface area (TPSA) is 120 Å². The molecule has 0 bridgehead atoms. The van der Waals surface area contributed by atoms with Gasteiger partial charge < -0.3 is 24.9 Å². The van der Waals surface area contributed by atoms with Crippen molar-refractivity contribution in [3.05, 3.63) is 86.6 Å². The molecule has 0 spiro atoms. The first-order valence-corrected chi connectivity index (χ1v) is 15.0. The summed E-state index contributed by atoms with van der Waals surface area (Å²) in [4.78, 5) is 51.1. The summed E-state index contributed by atoms with van der Waals surface area (Å²) in [7, 11) is 1.27. The zero-order valence-corrected chi connectivity index (χ0v) is 25.4. The molecule has 0 saturated carbocycles. The summed E-state index contributed by atoms with van der Waals surface area (Å²) >= 11 is 2.17. The fourth-order valence-electron chi connectivity index (χ4n) is 5.76. The fourth-order valence-corrected chi connectivity index (χ4v) is 6.19. The third kappa shape index (κ3) is 5.38. The van der Waals surface area contributed by atoms with E-state index in [0.29, 0.717) is 24.0 Å². The molecule has 1 unspecified atom stereocenters. The third-order valence-electron chi connectivity index (χ3n) is 7.96. The van der Waals surface area contributed by atoms with Gasteiger partial charge in [0.2, 0.25) is 5.91 Å². The molecule has 1 fully saturated rings. The van der Waals surface area contributed by atoms with Crippen molar-refractivity contribution in [2.75, 3.05) is 13.7 Å². The van der Waals surface area contributed by atoms with E-state index in [1.807, 2.05) is 31.3 Å². The number of fused-ring (bicyclic) bond motifs is 2. The fraction of sp³-hybridized carbons (Fsp3) is 0.250. The number of nitrogens with zero attached hydrogens (tertiary/aromatic N) is 2. The van der Waals surface area contributed by atoms with Crippen LogP contribution in [-0.4, -0.2) is 51.5 Å². The molecule has 214 valence electrons. The highest BCUT2D eigenvalue weighted by Crippen LogP contribution is 2.33. The summed E-state index contributed by atoms with van der Waals surface area (Å²) < 4.78 is 5.54. The van der Waals surface area contributed by atoms with Crippen LogP contribution in [0.3, 0.4) is 0 Å². The smallest absolute Gasteiger partial charge is 0.407 e. The molecular formula is C32H30IN5O4. The van der Waals surface area contributed by atoms with Gasteiger partial charge in [0.25, 0.3) is 0 Å². The Kier molecular flexibility index (Phi) is 7.72. The standard InChI is InChI=1S/C32H30IN5O4/c1-3-24(37-32(41)42-2)30(40)38-12-4-5-28(38)26-16-29(39)23-11-10-21(15-25(23)35-26)19-6-7-20-14-22(9-8-18(20)13-19)27-17-34-31(33)36-27/h6-11,13-17,24,28H,3-5,12H2,1-2H3,(H,34,36)(H,35,39)(H,37,41)/t24-,28?/m0/s1. The lowest BCUT2D eigenvalue weighted by Gasteiger charge is -2.29. The highest BCUT2D eigenvalue weighted by molar-refractivity contribution is 14.1. The van der Waals surface area contributed by atoms with E-state index in [9.17, 15) is 14.4 Å². The van der Waals surface area contributed by atoms with Gasteiger partial charge in [0.1, 0.15) is 6.04 Å². The Morgan fingerprint density at radius 3 is 2.48 bits per heavy atom. The number of aromatic amines is 2. The van der Waals surface area contributed by atoms with Crippen molar-refractivity contribution in [2.24, 2.45) is 0 Å². The molecule has 2 aromatic heterocycles. The van der Waals surface area contributed by atoms with Gasteiger partial charge in [-0.05, 0) is 88.0 Å². The lowest BCUT2D eigenvalue weighted by Crippen LogP contribution is -2.48. The van der Waals surface area contributed by atoms with Gasteiger partial charge in [-0.15, -0.1) is 0 Å². The van der Waals surface area contributed by atoms with Crippen LogP contribution in [0.1, 0.15) is 37.9 Å². The van der Waals surface area contributed by atoms with Crippen molar-refractivity contribution in [1.82, 2.24) is 25.2 Å². The highest BCUT2D eigenvalue weighted by atomic mass is 127. The Balaban J connectivity index is 1.31. The molecule has 2 atom stereocenters. The van der Waals surface area contributed by atoms with Crippen molar-refractivity contribution in [1.29, 1.82) is 0 Å². The molecule has 2 amide bonds. The monoisotopic (exact) mass is 675 g/mol. The number of hydrogen-bond acceptors (Lipinski definition) is 5. The maximum Gasteiger partial charge on any atom is 0.407 e. The molecule has 1 aliphatic heterocycles. The van der Waals surface area contributed by atoms with Crippen molar-refractivity contribution in [3.8, 4) is 22.4 Å². The minimum Gasteiger partial charge on any atom is -0.453 e. The molecule has 10 heteroatoms. The average Bonchev–Trinajstić information content (AvgIpc) is 3.68. The van der Waals surface area contributed by atoms with Gasteiger partial charge >= 0.3 is 6.09 Å². The molecule has 1 aliphatic rings. The summed E-state index contributed by atoms with van der Waals surface area (Å²) in [5.74, 6) is -0.179. The molecule has 0 aliphatic carbocycles. The number of carbonyl (C=O) groups excluding carboxylic acids is 2. The summed E-state index contributed by atoms with van der Waals surface area (Å²) in [5, 5.41) is 5.45. The average molecular weight is 676 g/mol. The molecule has 6 rings (SSSR count). The van der Waals surface area contributed by atoms with Gasteiger partial charge in [-0.25, -0.2) is 9.78 Å². The minimum absolute atomic E-state index is 0.0937. The van der Waals surface area contributed by atoms with E-state index in [2.05, 4.69) is 79.3 Å². The van der Waals surface area contributed by atoms with Crippen LogP contribution in [-0.2, 0) is 9.53 Å². The number of pyridine rings is 1. The van der Waals surface area contributed by atoms with Gasteiger partial charge in [0.15, 0.2) is 9.26 Å². The van der Waals surface area contributed by atoms with Crippen LogP contribution in [0.2, 0.25) is 0 Å². The van der Waals surface area contributed by atoms with Gasteiger partial charge in [-0.2, -0.15) is 0 Å². The van der Waals surface area contributed by atoms with E-state index >= 15 is 0 Å². The van der Waals surface area contributed by atoms with E-state index in [-0.39, 0.29) is 17.4 Å². The van der Waals surface area contributed by atoms with Crippen molar-refractivity contribution in [2.45, 2.75) is 38.3 Å². The van der Waals surface area contributed by atoms with Crippen molar-refractivity contribution < 1.29 is 14.3 Å². The maximum atomic E-state index is 13.4. The first-order valence-electron chi connectivity index (χ1n) is 13.9. The number of amides is 2. The largest absolute Gasteiger partial charge is 0.453 e. The second-order valence-corrected chi connectivity index (χ2v) is 11.5. The Morgan fingerprint density at radius 2 is 1.76 bits per heavy atom. The summed E-state index contributed by atoms with van der Waals surface area (Å²) in [6.07, 6.45) is 3.17. The van der Waals surface area contributed by atoms with Crippen LogP contribution >= 0.6 is 22.6 Å². The number of likely N-dealkylation sites (tertiary alicyclic amines) is 1. The third-order valence-corrected chi connectivity index (χ3v) is 8.51. The van der Waals surface area contributed by atoms with Crippen LogP contribution in [0.4, 0.5) is 4.79 Å². The SMILES string of the molecule is CC[C@H](NC(=O)OC)C(=O)N1CCCC1c1cc(=O)c2ccc(-c3ccc4cc(-c5cnc(I)[nH]5)ccc4c3)cc2[nH]1. The zero-order chi connectivity index (χ0) is 29.4. The van der Waals surface area contributed by atoms with Gasteiger partial charge in [-0.3, -0.25) is 9.59 Å². The second kappa shape index (κ2) is 11.6. The molecule has 3 N–H and O–H groups in total. The Bertz CT molecular complexity index is 1880. The van der Waals surface area contributed by atoms with Gasteiger partial charge in [-0.1, -0.05) is 37.3 Å².